The van der Waals surface area contributed by atoms with Gasteiger partial charge in [-0.2, -0.15) is 0 Å². The molecule has 12 nitrogen and oxygen atoms in total. The largest absolute Gasteiger partial charge is 1.00 e. The normalized spacial score (nSPS) is 11.0. The van der Waals surface area contributed by atoms with E-state index < -0.39 is 11.6 Å². The van der Waals surface area contributed by atoms with Crippen LogP contribution >= 0.6 is 71.0 Å². The summed E-state index contributed by atoms with van der Waals surface area (Å²) in [6.45, 7) is 8.16. The molecule has 5 N–H and O–H groups in total. The Labute approximate surface area is 423 Å². The van der Waals surface area contributed by atoms with Crippen LogP contribution in [0.5, 0.6) is 0 Å². The number of aromatic nitrogens is 3. The minimum Gasteiger partial charge on any atom is -0.850 e. The first-order valence-corrected chi connectivity index (χ1v) is 19.8. The number of nitrogens with two attached hydrogens (primary N) is 2. The Hall–Kier alpha value is -2.16. The molecule has 2 amide bonds. The van der Waals surface area contributed by atoms with Gasteiger partial charge in [-0.3, -0.25) is 19.6 Å². The molecule has 3 aromatic carbocycles. The zero-order valence-electron chi connectivity index (χ0n) is 32.2. The summed E-state index contributed by atoms with van der Waals surface area (Å²) in [6.07, 6.45) is 0. The number of pyridine rings is 3. The number of rotatable bonds is 2. The number of fused-ring (bicyclic) bond motifs is 4. The van der Waals surface area contributed by atoms with E-state index in [0.29, 0.717) is 17.6 Å². The van der Waals surface area contributed by atoms with Crippen LogP contribution in [-0.4, -0.2) is 74.0 Å². The molecule has 3 aromatic heterocycles. The summed E-state index contributed by atoms with van der Waals surface area (Å²) in [5.41, 5.74) is 8.34. The maximum absolute atomic E-state index is 11.8. The summed E-state index contributed by atoms with van der Waals surface area (Å²) < 4.78 is 2.79. The first-order chi connectivity index (χ1) is 26.1. The Morgan fingerprint density at radius 2 is 1.17 bits per heavy atom. The van der Waals surface area contributed by atoms with Gasteiger partial charge in [-0.05, 0) is 61.1 Å². The fraction of sp³-hybridized carbons (Fsp3) is 0.268. The molecule has 18 heteroatoms. The van der Waals surface area contributed by atoms with E-state index in [1.165, 1.54) is 13.1 Å². The number of hydrazine groups is 1. The van der Waals surface area contributed by atoms with Crippen molar-refractivity contribution in [2.75, 3.05) is 20.6 Å². The van der Waals surface area contributed by atoms with Crippen LogP contribution in [0.2, 0.25) is 10.3 Å². The molecule has 1 aliphatic heterocycles. The number of carbonyl (C=O) groups excluding carboxylic acids is 2. The number of carboxylic acids is 1. The second kappa shape index (κ2) is 25.7. The number of benzene rings is 3. The average Bonchev–Trinajstić information content (AvgIpc) is 3.37. The molecule has 0 fully saturated rings. The van der Waals surface area contributed by atoms with Crippen LogP contribution in [0, 0.1) is 0 Å². The van der Waals surface area contributed by atoms with E-state index in [1.807, 2.05) is 55.5 Å². The molecule has 312 valence electrons. The molecule has 0 aliphatic carbocycles. The van der Waals surface area contributed by atoms with Crippen molar-refractivity contribution in [3.8, 4) is 0 Å². The van der Waals surface area contributed by atoms with E-state index >= 15 is 0 Å². The summed E-state index contributed by atoms with van der Waals surface area (Å²) in [5.74, 6) is 4.02. The number of hydrogen-bond donors (Lipinski definition) is 3. The third kappa shape index (κ3) is 17.3. The van der Waals surface area contributed by atoms with Crippen LogP contribution in [0.4, 0.5) is 0 Å². The van der Waals surface area contributed by atoms with E-state index in [1.54, 1.807) is 50.9 Å². The van der Waals surface area contributed by atoms with Gasteiger partial charge in [0, 0.05) is 43.7 Å². The summed E-state index contributed by atoms with van der Waals surface area (Å²) in [4.78, 5) is 48.7. The van der Waals surface area contributed by atoms with Crippen LogP contribution in [-0.2, 0) is 6.54 Å². The van der Waals surface area contributed by atoms with Gasteiger partial charge in [-0.15, -0.1) is 5.60 Å². The Kier molecular flexibility index (Phi) is 24.8. The Balaban J connectivity index is 0.000000766. The van der Waals surface area contributed by atoms with Gasteiger partial charge < -0.3 is 20.8 Å². The third-order valence-corrected chi connectivity index (χ3v) is 9.13. The Morgan fingerprint density at radius 3 is 1.56 bits per heavy atom. The van der Waals surface area contributed by atoms with E-state index in [9.17, 15) is 19.5 Å². The molecule has 1 aliphatic rings. The number of nitrogens with zero attached hydrogens (tertiary/aromatic N) is 5. The Bertz CT molecular complexity index is 2400. The van der Waals surface area contributed by atoms with Crippen molar-refractivity contribution < 1.29 is 76.0 Å². The van der Waals surface area contributed by atoms with Gasteiger partial charge in [0.15, 0.2) is 0 Å². The number of carboxylic acid groups (broad SMARTS) is 1. The van der Waals surface area contributed by atoms with E-state index in [2.05, 4.69) is 62.7 Å². The molecule has 0 radical (unpaired) electrons. The van der Waals surface area contributed by atoms with Crippen LogP contribution in [0.1, 0.15) is 79.3 Å². The molecule has 0 spiro atoms. The fourth-order valence-corrected chi connectivity index (χ4v) is 6.21. The Morgan fingerprint density at radius 1 is 0.814 bits per heavy atom. The molecule has 0 bridgehead atoms. The topological polar surface area (TPSA) is 192 Å². The quantitative estimate of drug-likeness (QED) is 0.0540. The SMILES string of the molecule is C.C.CC(C)(C)[O-].CCN.CN(N)C(=O)c1cc2ccc(Br)cc2nc1Cl.CN1Cc2nc3cc(Br)ccc3cc2C1=O.O=C(O)c1cc2ccc(Br)cc2nc1Cl.[K+]. The van der Waals surface area contributed by atoms with Crippen molar-refractivity contribution in [3.63, 3.8) is 0 Å². The monoisotopic (exact) mass is 1060 g/mol. The summed E-state index contributed by atoms with van der Waals surface area (Å²) in [6, 6.07) is 22.0. The van der Waals surface area contributed by atoms with Gasteiger partial charge in [-0.1, -0.05) is 132 Å². The fourth-order valence-electron chi connectivity index (χ4n) is 4.71. The van der Waals surface area contributed by atoms with Crippen LogP contribution < -0.4 is 68.1 Å². The molecule has 59 heavy (non-hydrogen) atoms. The van der Waals surface area contributed by atoms with Crippen LogP contribution in [0.3, 0.4) is 0 Å². The van der Waals surface area contributed by atoms with E-state index in [0.717, 1.165) is 63.4 Å². The second-order valence-electron chi connectivity index (χ2n) is 13.1. The van der Waals surface area contributed by atoms with Crippen molar-refractivity contribution >= 4 is 121 Å². The third-order valence-electron chi connectivity index (χ3n) is 7.07. The molecule has 4 heterocycles. The van der Waals surface area contributed by atoms with Gasteiger partial charge in [0.1, 0.15) is 10.3 Å². The van der Waals surface area contributed by atoms with Crippen LogP contribution in [0.15, 0.2) is 86.2 Å². The predicted octanol–water partition coefficient (Wildman–Crippen LogP) is 6.91. The van der Waals surface area contributed by atoms with E-state index in [-0.39, 0.29) is 93.9 Å². The summed E-state index contributed by atoms with van der Waals surface area (Å²) >= 11 is 21.8. The molecular weight excluding hydrogens is 1020 g/mol. The summed E-state index contributed by atoms with van der Waals surface area (Å²) in [7, 11) is 3.26. The molecule has 0 atom stereocenters. The second-order valence-corrected chi connectivity index (χ2v) is 16.5. The average molecular weight is 1070 g/mol. The zero-order valence-corrected chi connectivity index (χ0v) is 41.6. The molecule has 7 rings (SSSR count). The molecule has 0 saturated carbocycles. The minimum absolute atomic E-state index is 0. The van der Waals surface area contributed by atoms with Gasteiger partial charge >= 0.3 is 57.4 Å². The predicted molar refractivity (Wildman–Crippen MR) is 245 cm³/mol. The standard InChI is InChI=1S/C12H9BrN2O.C11H9BrClN3O.C10H5BrClNO2.C4H9O.C2H7N.2CH4.K/c1-15-6-11-9(12(15)16)4-7-2-3-8(13)5-10(7)14-11;1-16(14)11(17)8-4-6-2-3-7(12)5-9(6)15-10(8)13;11-6-2-1-5-3-7(10(14)15)9(12)13-8(5)4-6;1-4(2,3)5;1-2-3;;;/h2-5H,6H2,1H3;2-5H,14H2,1H3;1-4H,(H,14,15);1-3H3;2-3H2,1H3;2*1H4;/q;;;-1;;;;+1. The number of halogens is 5. The van der Waals surface area contributed by atoms with Crippen molar-refractivity contribution in [1.29, 1.82) is 0 Å². The molecule has 0 unspecified atom stereocenters. The number of hydrogen-bond acceptors (Lipinski definition) is 9. The van der Waals surface area contributed by atoms with Gasteiger partial charge in [0.05, 0.1) is 45.5 Å². The van der Waals surface area contributed by atoms with Gasteiger partial charge in [0.2, 0.25) is 0 Å². The van der Waals surface area contributed by atoms with E-state index in [4.69, 9.17) is 39.9 Å². The first kappa shape index (κ1) is 56.8. The van der Waals surface area contributed by atoms with Crippen molar-refractivity contribution in [1.82, 2.24) is 24.9 Å². The minimum atomic E-state index is -1.07. The maximum Gasteiger partial charge on any atom is 1.00 e. The first-order valence-electron chi connectivity index (χ1n) is 16.7. The summed E-state index contributed by atoms with van der Waals surface area (Å²) in [5, 5.41) is 22.7. The molecule has 0 saturated heterocycles. The van der Waals surface area contributed by atoms with Crippen molar-refractivity contribution in [2.45, 2.75) is 54.7 Å². The number of amides is 2. The van der Waals surface area contributed by atoms with Crippen molar-refractivity contribution in [2.24, 2.45) is 11.6 Å². The number of carbonyl (C=O) groups is 3. The molecule has 6 aromatic rings. The van der Waals surface area contributed by atoms with Crippen molar-refractivity contribution in [3.05, 3.63) is 119 Å². The number of aromatic carboxylic acids is 1. The van der Waals surface area contributed by atoms with Gasteiger partial charge in [0.25, 0.3) is 11.8 Å². The van der Waals surface area contributed by atoms with Crippen LogP contribution in [0.25, 0.3) is 32.7 Å². The molecular formula is C41H47Br3Cl2KN7O5. The van der Waals surface area contributed by atoms with Gasteiger partial charge in [-0.25, -0.2) is 20.6 Å². The zero-order chi connectivity index (χ0) is 42.1. The maximum atomic E-state index is 11.8. The smallest absolute Gasteiger partial charge is 0.850 e.